The van der Waals surface area contributed by atoms with E-state index in [1.54, 1.807) is 0 Å². The van der Waals surface area contributed by atoms with Gasteiger partial charge in [-0.25, -0.2) is 0 Å². The van der Waals surface area contributed by atoms with Crippen LogP contribution in [0.2, 0.25) is 0 Å². The van der Waals surface area contributed by atoms with E-state index in [4.69, 9.17) is 10.5 Å². The average Bonchev–Trinajstić information content (AvgIpc) is 2.38. The summed E-state index contributed by atoms with van der Waals surface area (Å²) in [5, 5.41) is 0. The highest BCUT2D eigenvalue weighted by molar-refractivity contribution is 5.41. The summed E-state index contributed by atoms with van der Waals surface area (Å²) in [6.45, 7) is 6.26. The number of hydrogen-bond donors (Lipinski definition) is 1. The Morgan fingerprint density at radius 1 is 1.33 bits per heavy atom. The van der Waals surface area contributed by atoms with E-state index >= 15 is 0 Å². The Morgan fingerprint density at radius 3 is 2.83 bits per heavy atom. The van der Waals surface area contributed by atoms with Crippen LogP contribution in [0.1, 0.15) is 37.8 Å². The summed E-state index contributed by atoms with van der Waals surface area (Å²) in [5.74, 6) is 6.59. The van der Waals surface area contributed by atoms with Crippen molar-refractivity contribution in [3.8, 4) is 11.8 Å². The second kappa shape index (κ2) is 8.74. The number of rotatable bonds is 6. The van der Waals surface area contributed by atoms with Gasteiger partial charge in [0.05, 0.1) is 13.2 Å². The average molecular weight is 245 g/mol. The first-order chi connectivity index (χ1) is 8.77. The highest BCUT2D eigenvalue weighted by atomic mass is 16.5. The van der Waals surface area contributed by atoms with Gasteiger partial charge in [-0.15, -0.1) is 0 Å². The van der Waals surface area contributed by atoms with Gasteiger partial charge in [0.25, 0.3) is 0 Å². The highest BCUT2D eigenvalue weighted by Crippen LogP contribution is 2.11. The molecule has 0 aliphatic heterocycles. The van der Waals surface area contributed by atoms with Crippen LogP contribution in [0, 0.1) is 17.8 Å². The lowest BCUT2D eigenvalue weighted by Crippen LogP contribution is -2.06. The van der Waals surface area contributed by atoms with Crippen molar-refractivity contribution < 1.29 is 4.74 Å². The van der Waals surface area contributed by atoms with Crippen LogP contribution in [-0.2, 0) is 11.3 Å². The van der Waals surface area contributed by atoms with Crippen LogP contribution in [0.15, 0.2) is 24.3 Å². The molecule has 1 atom stereocenters. The first-order valence-corrected chi connectivity index (χ1v) is 6.62. The van der Waals surface area contributed by atoms with Crippen molar-refractivity contribution in [2.24, 2.45) is 11.7 Å². The van der Waals surface area contributed by atoms with E-state index in [-0.39, 0.29) is 0 Å². The molecule has 1 aromatic carbocycles. The molecule has 0 saturated carbocycles. The molecule has 1 aromatic rings. The molecule has 0 aliphatic carbocycles. The molecule has 1 rings (SSSR count). The Bertz CT molecular complexity index is 403. The van der Waals surface area contributed by atoms with Crippen molar-refractivity contribution in [1.29, 1.82) is 0 Å². The molecular formula is C16H23NO. The second-order valence-corrected chi connectivity index (χ2v) is 4.57. The fraction of sp³-hybridized carbons (Fsp3) is 0.500. The SMILES string of the molecule is CCCC(C)COCc1ccccc1C#CCN. The third-order valence-corrected chi connectivity index (χ3v) is 2.78. The molecule has 2 heteroatoms. The molecule has 0 aliphatic rings. The predicted octanol–water partition coefficient (Wildman–Crippen LogP) is 2.95. The molecule has 18 heavy (non-hydrogen) atoms. The van der Waals surface area contributed by atoms with Crippen molar-refractivity contribution in [3.63, 3.8) is 0 Å². The lowest BCUT2D eigenvalue weighted by atomic mass is 10.1. The summed E-state index contributed by atoms with van der Waals surface area (Å²) < 4.78 is 5.76. The zero-order valence-electron chi connectivity index (χ0n) is 11.4. The summed E-state index contributed by atoms with van der Waals surface area (Å²) in [7, 11) is 0. The quantitative estimate of drug-likeness (QED) is 0.782. The van der Waals surface area contributed by atoms with Crippen LogP contribution in [0.25, 0.3) is 0 Å². The van der Waals surface area contributed by atoms with Gasteiger partial charge >= 0.3 is 0 Å². The van der Waals surface area contributed by atoms with E-state index in [2.05, 4.69) is 31.8 Å². The van der Waals surface area contributed by atoms with Crippen molar-refractivity contribution in [3.05, 3.63) is 35.4 Å². The fourth-order valence-corrected chi connectivity index (χ4v) is 1.86. The van der Waals surface area contributed by atoms with Crippen molar-refractivity contribution in [2.75, 3.05) is 13.2 Å². The minimum atomic E-state index is 0.392. The third-order valence-electron chi connectivity index (χ3n) is 2.78. The summed E-state index contributed by atoms with van der Waals surface area (Å²) >= 11 is 0. The first kappa shape index (κ1) is 14.8. The monoisotopic (exact) mass is 245 g/mol. The third kappa shape index (κ3) is 5.35. The molecule has 0 amide bonds. The zero-order valence-corrected chi connectivity index (χ0v) is 11.4. The summed E-state index contributed by atoms with van der Waals surface area (Å²) in [6, 6.07) is 8.08. The van der Waals surface area contributed by atoms with E-state index in [1.165, 1.54) is 12.8 Å². The molecule has 2 nitrogen and oxygen atoms in total. The van der Waals surface area contributed by atoms with Crippen LogP contribution >= 0.6 is 0 Å². The second-order valence-electron chi connectivity index (χ2n) is 4.57. The van der Waals surface area contributed by atoms with Gasteiger partial charge in [0, 0.05) is 12.2 Å². The first-order valence-electron chi connectivity index (χ1n) is 6.62. The molecule has 98 valence electrons. The molecule has 0 heterocycles. The fourth-order valence-electron chi connectivity index (χ4n) is 1.86. The van der Waals surface area contributed by atoms with E-state index in [0.29, 0.717) is 19.1 Å². The largest absolute Gasteiger partial charge is 0.376 e. The molecule has 2 N–H and O–H groups in total. The van der Waals surface area contributed by atoms with Gasteiger partial charge < -0.3 is 10.5 Å². The number of benzene rings is 1. The molecule has 0 bridgehead atoms. The Balaban J connectivity index is 2.51. The highest BCUT2D eigenvalue weighted by Gasteiger charge is 2.03. The van der Waals surface area contributed by atoms with Crippen molar-refractivity contribution in [2.45, 2.75) is 33.3 Å². The van der Waals surface area contributed by atoms with Gasteiger partial charge in [-0.05, 0) is 24.0 Å². The summed E-state index contributed by atoms with van der Waals surface area (Å²) in [5.41, 5.74) is 7.56. The van der Waals surface area contributed by atoms with E-state index in [9.17, 15) is 0 Å². The summed E-state index contributed by atoms with van der Waals surface area (Å²) in [6.07, 6.45) is 2.43. The normalized spacial score (nSPS) is 11.7. The molecule has 0 fully saturated rings. The molecule has 0 saturated heterocycles. The van der Waals surface area contributed by atoms with Crippen LogP contribution in [-0.4, -0.2) is 13.2 Å². The van der Waals surface area contributed by atoms with E-state index in [0.717, 1.165) is 17.7 Å². The lowest BCUT2D eigenvalue weighted by molar-refractivity contribution is 0.0892. The van der Waals surface area contributed by atoms with Gasteiger partial charge in [-0.1, -0.05) is 50.3 Å². The molecular weight excluding hydrogens is 222 g/mol. The zero-order chi connectivity index (χ0) is 13.2. The number of hydrogen-bond acceptors (Lipinski definition) is 2. The van der Waals surface area contributed by atoms with E-state index < -0.39 is 0 Å². The number of ether oxygens (including phenoxy) is 1. The number of nitrogens with two attached hydrogens (primary N) is 1. The standard InChI is InChI=1S/C16H23NO/c1-3-7-14(2)12-18-13-16-9-5-4-8-15(16)10-6-11-17/h4-5,8-9,14H,3,7,11-13,17H2,1-2H3. The van der Waals surface area contributed by atoms with Crippen LogP contribution in [0.5, 0.6) is 0 Å². The molecule has 0 radical (unpaired) electrons. The maximum atomic E-state index is 5.76. The van der Waals surface area contributed by atoms with Gasteiger partial charge in [0.2, 0.25) is 0 Å². The van der Waals surface area contributed by atoms with Gasteiger partial charge in [-0.2, -0.15) is 0 Å². The lowest BCUT2D eigenvalue weighted by Gasteiger charge is -2.11. The molecule has 0 aromatic heterocycles. The minimum Gasteiger partial charge on any atom is -0.376 e. The molecule has 1 unspecified atom stereocenters. The summed E-state index contributed by atoms with van der Waals surface area (Å²) in [4.78, 5) is 0. The Hall–Kier alpha value is -1.30. The van der Waals surface area contributed by atoms with Crippen LogP contribution < -0.4 is 5.73 Å². The molecule has 0 spiro atoms. The maximum Gasteiger partial charge on any atom is 0.0729 e. The Kier molecular flexibility index (Phi) is 7.17. The Morgan fingerprint density at radius 2 is 2.11 bits per heavy atom. The van der Waals surface area contributed by atoms with Gasteiger partial charge in [0.15, 0.2) is 0 Å². The van der Waals surface area contributed by atoms with Crippen LogP contribution in [0.4, 0.5) is 0 Å². The van der Waals surface area contributed by atoms with E-state index in [1.807, 2.05) is 18.2 Å². The van der Waals surface area contributed by atoms with Gasteiger partial charge in [-0.3, -0.25) is 0 Å². The van der Waals surface area contributed by atoms with Gasteiger partial charge in [0.1, 0.15) is 0 Å². The maximum absolute atomic E-state index is 5.76. The smallest absolute Gasteiger partial charge is 0.0729 e. The van der Waals surface area contributed by atoms with Crippen molar-refractivity contribution >= 4 is 0 Å². The van der Waals surface area contributed by atoms with Crippen LogP contribution in [0.3, 0.4) is 0 Å². The van der Waals surface area contributed by atoms with Crippen molar-refractivity contribution in [1.82, 2.24) is 0 Å². The topological polar surface area (TPSA) is 35.2 Å². The minimum absolute atomic E-state index is 0.392. The Labute approximate surface area is 111 Å². The predicted molar refractivity (Wildman–Crippen MR) is 76.1 cm³/mol.